The van der Waals surface area contributed by atoms with Crippen molar-refractivity contribution in [3.63, 3.8) is 0 Å². The van der Waals surface area contributed by atoms with E-state index in [-0.39, 0.29) is 47.3 Å². The minimum atomic E-state index is -0.493. The largest absolute Gasteiger partial charge is 0.355 e. The molecule has 250 valence electrons. The molecule has 1 spiro atoms. The van der Waals surface area contributed by atoms with Gasteiger partial charge < -0.3 is 14.4 Å². The Morgan fingerprint density at radius 2 is 1.77 bits per heavy atom. The fraction of sp³-hybridized carbons (Fsp3) is 0.605. The highest BCUT2D eigenvalue weighted by Gasteiger charge is 2.66. The van der Waals surface area contributed by atoms with Crippen LogP contribution in [-0.4, -0.2) is 69.2 Å². The van der Waals surface area contributed by atoms with Gasteiger partial charge >= 0.3 is 0 Å². The van der Waals surface area contributed by atoms with Crippen molar-refractivity contribution in [2.75, 3.05) is 20.0 Å². The van der Waals surface area contributed by atoms with Gasteiger partial charge in [0.15, 0.2) is 11.6 Å². The summed E-state index contributed by atoms with van der Waals surface area (Å²) in [5.74, 6) is -0.154. The number of hydrogen-bond donors (Lipinski definition) is 0. The number of piperidine rings is 1. The maximum absolute atomic E-state index is 14.5. The van der Waals surface area contributed by atoms with Crippen LogP contribution < -0.4 is 0 Å². The molecule has 5 heterocycles. The Morgan fingerprint density at radius 3 is 2.55 bits per heavy atom. The molecule has 7 rings (SSSR count). The second-order valence-electron chi connectivity index (χ2n) is 15.1. The second-order valence-corrected chi connectivity index (χ2v) is 15.1. The average Bonchev–Trinajstić information content (AvgIpc) is 3.44. The molecule has 3 atom stereocenters. The van der Waals surface area contributed by atoms with Gasteiger partial charge in [0.05, 0.1) is 36.9 Å². The summed E-state index contributed by atoms with van der Waals surface area (Å²) >= 11 is 0. The highest BCUT2D eigenvalue weighted by Crippen LogP contribution is 2.63. The number of ketones is 2. The SMILES string of the molecule is CC(=O)c1nn2c3c(cc(C)cc13)CCCCCC1(CCC[C@@]34C[C@@H](C(=O)Cc5nc(C)ccc5C)N(C(=O)C2)[C@@H]3C4)COCOC1. The number of amides is 1. The van der Waals surface area contributed by atoms with Crippen LogP contribution in [0.25, 0.3) is 10.9 Å². The lowest BCUT2D eigenvalue weighted by atomic mass is 9.77. The molecule has 2 saturated heterocycles. The van der Waals surface area contributed by atoms with Crippen molar-refractivity contribution in [2.45, 2.75) is 117 Å². The van der Waals surface area contributed by atoms with Crippen LogP contribution in [0.15, 0.2) is 24.3 Å². The van der Waals surface area contributed by atoms with Gasteiger partial charge in [-0.3, -0.25) is 24.0 Å². The lowest BCUT2D eigenvalue weighted by molar-refractivity contribution is -0.170. The molecule has 2 bridgehead atoms. The number of pyridine rings is 1. The number of carbonyl (C=O) groups is 3. The Morgan fingerprint density at radius 1 is 0.979 bits per heavy atom. The Labute approximate surface area is 277 Å². The monoisotopic (exact) mass is 640 g/mol. The van der Waals surface area contributed by atoms with Crippen LogP contribution in [0.1, 0.15) is 103 Å². The van der Waals surface area contributed by atoms with Crippen LogP contribution in [0.2, 0.25) is 0 Å². The molecule has 1 amide bonds. The summed E-state index contributed by atoms with van der Waals surface area (Å²) < 4.78 is 13.5. The van der Waals surface area contributed by atoms with E-state index in [1.807, 2.05) is 36.9 Å². The molecule has 1 aliphatic carbocycles. The Balaban J connectivity index is 1.25. The minimum absolute atomic E-state index is 0.00964. The van der Waals surface area contributed by atoms with Crippen LogP contribution >= 0.6 is 0 Å². The molecular formula is C38H48N4O5. The van der Waals surface area contributed by atoms with E-state index < -0.39 is 6.04 Å². The van der Waals surface area contributed by atoms with Gasteiger partial charge in [0.2, 0.25) is 5.91 Å². The van der Waals surface area contributed by atoms with Gasteiger partial charge in [-0.25, -0.2) is 0 Å². The van der Waals surface area contributed by atoms with E-state index in [1.165, 1.54) is 6.92 Å². The first-order valence-corrected chi connectivity index (χ1v) is 17.5. The van der Waals surface area contributed by atoms with E-state index >= 15 is 0 Å². The topological polar surface area (TPSA) is 104 Å². The molecule has 0 unspecified atom stereocenters. The summed E-state index contributed by atoms with van der Waals surface area (Å²) in [6, 6.07) is 7.72. The number of benzene rings is 1. The quantitative estimate of drug-likeness (QED) is 0.322. The molecule has 9 heteroatoms. The van der Waals surface area contributed by atoms with E-state index in [4.69, 9.17) is 14.6 Å². The number of aromatic nitrogens is 3. The van der Waals surface area contributed by atoms with E-state index in [0.717, 1.165) is 110 Å². The van der Waals surface area contributed by atoms with Crippen LogP contribution in [0.4, 0.5) is 0 Å². The van der Waals surface area contributed by atoms with E-state index in [0.29, 0.717) is 18.9 Å². The third-order valence-corrected chi connectivity index (χ3v) is 11.5. The molecular weight excluding hydrogens is 592 g/mol. The van der Waals surface area contributed by atoms with Gasteiger partial charge in [-0.1, -0.05) is 37.0 Å². The molecule has 1 saturated carbocycles. The minimum Gasteiger partial charge on any atom is -0.355 e. The van der Waals surface area contributed by atoms with Crippen molar-refractivity contribution in [3.05, 3.63) is 58.0 Å². The van der Waals surface area contributed by atoms with Gasteiger partial charge in [0.1, 0.15) is 19.0 Å². The molecule has 4 aliphatic rings. The number of rotatable bonds is 4. The van der Waals surface area contributed by atoms with Crippen molar-refractivity contribution >= 4 is 28.4 Å². The fourth-order valence-corrected chi connectivity index (χ4v) is 8.95. The fourth-order valence-electron chi connectivity index (χ4n) is 8.95. The van der Waals surface area contributed by atoms with Crippen molar-refractivity contribution in [3.8, 4) is 0 Å². The number of hydrogen-bond acceptors (Lipinski definition) is 7. The molecule has 1 aromatic carbocycles. The summed E-state index contributed by atoms with van der Waals surface area (Å²) in [6.07, 6.45) is 9.96. The van der Waals surface area contributed by atoms with Gasteiger partial charge in [-0.15, -0.1) is 0 Å². The van der Waals surface area contributed by atoms with Gasteiger partial charge in [-0.2, -0.15) is 5.10 Å². The standard InChI is InChI=1S/C38H48N4O5/c1-24-15-28-9-6-5-7-12-37(21-46-23-47-22-37)13-8-14-38-18-31(32(44)17-30-25(2)10-11-26(3)39-30)42(33(38)19-38)34(45)20-41-36(28)29(16-24)35(40-41)27(4)43/h10-11,15-16,31,33H,5-9,12-14,17-23H2,1-4H3/t31-,33+,38-/m0/s1. The van der Waals surface area contributed by atoms with Crippen LogP contribution in [-0.2, 0) is 38.4 Å². The van der Waals surface area contributed by atoms with Gasteiger partial charge in [0, 0.05) is 29.5 Å². The van der Waals surface area contributed by atoms with Crippen LogP contribution in [0.3, 0.4) is 0 Å². The lowest BCUT2D eigenvalue weighted by Crippen LogP contribution is -2.45. The van der Waals surface area contributed by atoms with Crippen LogP contribution in [0.5, 0.6) is 0 Å². The molecule has 9 nitrogen and oxygen atoms in total. The Kier molecular flexibility index (Phi) is 8.58. The zero-order chi connectivity index (χ0) is 32.9. The smallest absolute Gasteiger partial charge is 0.245 e. The highest BCUT2D eigenvalue weighted by molar-refractivity contribution is 6.06. The zero-order valence-corrected chi connectivity index (χ0v) is 28.4. The number of nitrogens with zero attached hydrogens (tertiary/aromatic N) is 4. The number of Topliss-reactive ketones (excluding diaryl/α,β-unsaturated/α-hetero) is 2. The molecule has 3 fully saturated rings. The average molecular weight is 641 g/mol. The van der Waals surface area contributed by atoms with E-state index in [1.54, 1.807) is 4.68 Å². The van der Waals surface area contributed by atoms with Crippen molar-refractivity contribution in [2.24, 2.45) is 10.8 Å². The maximum Gasteiger partial charge on any atom is 0.245 e. The first-order valence-electron chi connectivity index (χ1n) is 17.5. The summed E-state index contributed by atoms with van der Waals surface area (Å²) in [4.78, 5) is 48.0. The zero-order valence-electron chi connectivity index (χ0n) is 28.4. The summed E-state index contributed by atoms with van der Waals surface area (Å²) in [7, 11) is 0. The summed E-state index contributed by atoms with van der Waals surface area (Å²) in [5, 5.41) is 5.57. The lowest BCUT2D eigenvalue weighted by Gasteiger charge is -2.37. The maximum atomic E-state index is 14.5. The highest BCUT2D eigenvalue weighted by atomic mass is 16.7. The van der Waals surface area contributed by atoms with E-state index in [9.17, 15) is 14.4 Å². The first-order chi connectivity index (χ1) is 22.6. The third kappa shape index (κ3) is 6.17. The normalized spacial score (nSPS) is 26.3. The molecule has 3 aromatic rings. The predicted octanol–water partition coefficient (Wildman–Crippen LogP) is 6.01. The number of carbonyl (C=O) groups excluding carboxylic acids is 3. The summed E-state index contributed by atoms with van der Waals surface area (Å²) in [5.41, 5.74) is 6.09. The van der Waals surface area contributed by atoms with Gasteiger partial charge in [-0.05, 0) is 94.4 Å². The van der Waals surface area contributed by atoms with Crippen molar-refractivity contribution in [1.29, 1.82) is 0 Å². The van der Waals surface area contributed by atoms with Gasteiger partial charge in [0.25, 0.3) is 0 Å². The molecule has 3 aliphatic heterocycles. The second kappa shape index (κ2) is 12.5. The molecule has 0 N–H and O–H groups in total. The predicted molar refractivity (Wildman–Crippen MR) is 178 cm³/mol. The number of aryl methyl sites for hydroxylation is 4. The molecule has 47 heavy (non-hydrogen) atoms. The van der Waals surface area contributed by atoms with E-state index in [2.05, 4.69) is 18.0 Å². The third-order valence-electron chi connectivity index (χ3n) is 11.5. The first kappa shape index (κ1) is 32.1. The Hall–Kier alpha value is -3.43. The molecule has 0 radical (unpaired) electrons. The molecule has 2 aromatic heterocycles. The van der Waals surface area contributed by atoms with Crippen LogP contribution in [0, 0.1) is 31.6 Å². The Bertz CT molecular complexity index is 1720. The van der Waals surface area contributed by atoms with Crippen molar-refractivity contribution in [1.82, 2.24) is 19.7 Å². The summed E-state index contributed by atoms with van der Waals surface area (Å²) in [6.45, 7) is 9.35. The van der Waals surface area contributed by atoms with Crippen molar-refractivity contribution < 1.29 is 23.9 Å². The number of ether oxygens (including phenoxy) is 2.